The summed E-state index contributed by atoms with van der Waals surface area (Å²) in [4.78, 5) is 27.6. The van der Waals surface area contributed by atoms with E-state index in [0.717, 1.165) is 12.8 Å². The fourth-order valence-electron chi connectivity index (χ4n) is 2.05. The van der Waals surface area contributed by atoms with Crippen molar-refractivity contribution in [3.63, 3.8) is 0 Å². The van der Waals surface area contributed by atoms with Gasteiger partial charge in [-0.05, 0) is 52.7 Å². The number of hydrogen-bond acceptors (Lipinski definition) is 5. The van der Waals surface area contributed by atoms with Gasteiger partial charge in [-0.15, -0.1) is 0 Å². The highest BCUT2D eigenvalue weighted by Gasteiger charge is 2.17. The molecule has 10 heteroatoms. The van der Waals surface area contributed by atoms with Gasteiger partial charge in [0.05, 0.1) is 10.5 Å². The molecule has 3 amide bonds. The van der Waals surface area contributed by atoms with E-state index >= 15 is 0 Å². The van der Waals surface area contributed by atoms with E-state index in [4.69, 9.17) is 0 Å². The zero-order valence-electron chi connectivity index (χ0n) is 14.5. The number of rotatable bonds is 7. The van der Waals surface area contributed by atoms with Crippen molar-refractivity contribution in [1.29, 1.82) is 0 Å². The normalized spacial score (nSPS) is 10.9. The molecule has 3 N–H and O–H groups in total. The van der Waals surface area contributed by atoms with Crippen LogP contribution < -0.4 is 15.4 Å². The summed E-state index contributed by atoms with van der Waals surface area (Å²) in [7, 11) is -3.99. The van der Waals surface area contributed by atoms with Crippen LogP contribution in [0.4, 0.5) is 10.5 Å². The summed E-state index contributed by atoms with van der Waals surface area (Å²) in [6, 6.07) is 6.32. The molecule has 1 aromatic heterocycles. The van der Waals surface area contributed by atoms with Gasteiger partial charge < -0.3 is 10.6 Å². The molecule has 0 spiro atoms. The first kappa shape index (κ1) is 20.8. The maximum atomic E-state index is 12.2. The zero-order valence-corrected chi connectivity index (χ0v) is 16.9. The number of carbonyl (C=O) groups excluding carboxylic acids is 2. The lowest BCUT2D eigenvalue weighted by Gasteiger charge is -2.09. The first-order valence-electron chi connectivity index (χ1n) is 8.14. The number of nitrogens with zero attached hydrogens (tertiary/aromatic N) is 1. The van der Waals surface area contributed by atoms with Gasteiger partial charge in [-0.25, -0.2) is 17.9 Å². The van der Waals surface area contributed by atoms with Gasteiger partial charge in [-0.2, -0.15) is 0 Å². The van der Waals surface area contributed by atoms with Crippen molar-refractivity contribution in [3.05, 3.63) is 52.8 Å². The molecule has 0 fully saturated rings. The van der Waals surface area contributed by atoms with E-state index in [0.29, 0.717) is 22.3 Å². The van der Waals surface area contributed by atoms with Crippen LogP contribution in [0.15, 0.2) is 52.1 Å². The van der Waals surface area contributed by atoms with Gasteiger partial charge in [0, 0.05) is 29.1 Å². The van der Waals surface area contributed by atoms with Gasteiger partial charge in [0.1, 0.15) is 0 Å². The summed E-state index contributed by atoms with van der Waals surface area (Å²) >= 11 is 3.24. The molecule has 0 aliphatic carbocycles. The number of sulfonamides is 1. The standard InChI is InChI=1S/C17H19BrN4O4S/c1-2-3-8-20-17(24)22-27(25,26)15-6-4-14(5-7-15)21-16(23)12-9-13(18)11-19-10-12/h4-7,9-11H,2-3,8H2,1H3,(H,21,23)(H2,20,22,24). The predicted octanol–water partition coefficient (Wildman–Crippen LogP) is 2.88. The average molecular weight is 455 g/mol. The molecule has 0 saturated heterocycles. The number of nitrogens with one attached hydrogen (secondary N) is 3. The van der Waals surface area contributed by atoms with Crippen LogP contribution in [0.3, 0.4) is 0 Å². The summed E-state index contributed by atoms with van der Waals surface area (Å²) in [6.45, 7) is 2.36. The van der Waals surface area contributed by atoms with Gasteiger partial charge >= 0.3 is 6.03 Å². The van der Waals surface area contributed by atoms with Gasteiger partial charge in [0.25, 0.3) is 15.9 Å². The molecule has 0 saturated carbocycles. The van der Waals surface area contributed by atoms with Crippen molar-refractivity contribution in [2.45, 2.75) is 24.7 Å². The highest BCUT2D eigenvalue weighted by molar-refractivity contribution is 9.10. The topological polar surface area (TPSA) is 117 Å². The number of unbranched alkanes of at least 4 members (excludes halogenated alkanes) is 1. The number of halogens is 1. The van der Waals surface area contributed by atoms with Crippen molar-refractivity contribution in [3.8, 4) is 0 Å². The Bertz CT molecular complexity index is 917. The van der Waals surface area contributed by atoms with Crippen LogP contribution in [0.5, 0.6) is 0 Å². The van der Waals surface area contributed by atoms with E-state index in [9.17, 15) is 18.0 Å². The third kappa shape index (κ3) is 6.33. The molecular formula is C17H19BrN4O4S. The minimum absolute atomic E-state index is 0.0877. The van der Waals surface area contributed by atoms with Crippen LogP contribution in [0.2, 0.25) is 0 Å². The molecule has 8 nitrogen and oxygen atoms in total. The number of hydrogen-bond donors (Lipinski definition) is 3. The molecule has 0 aliphatic heterocycles. The fraction of sp³-hybridized carbons (Fsp3) is 0.235. The lowest BCUT2D eigenvalue weighted by molar-refractivity contribution is 0.102. The van der Waals surface area contributed by atoms with Crippen molar-refractivity contribution in [2.24, 2.45) is 0 Å². The maximum Gasteiger partial charge on any atom is 0.328 e. The summed E-state index contributed by atoms with van der Waals surface area (Å²) in [5.74, 6) is -0.382. The smallest absolute Gasteiger partial charge is 0.328 e. The Kier molecular flexibility index (Phi) is 7.31. The molecule has 0 atom stereocenters. The SMILES string of the molecule is CCCCNC(=O)NS(=O)(=O)c1ccc(NC(=O)c2cncc(Br)c2)cc1. The minimum Gasteiger partial charge on any atom is -0.337 e. The van der Waals surface area contributed by atoms with Gasteiger partial charge in [0.2, 0.25) is 0 Å². The van der Waals surface area contributed by atoms with E-state index in [1.807, 2.05) is 11.6 Å². The van der Waals surface area contributed by atoms with Crippen LogP contribution >= 0.6 is 15.9 Å². The third-order valence-corrected chi connectivity index (χ3v) is 5.21. The molecule has 1 aromatic carbocycles. The van der Waals surface area contributed by atoms with Crippen LogP contribution in [0.1, 0.15) is 30.1 Å². The Balaban J connectivity index is 2.01. The molecule has 27 heavy (non-hydrogen) atoms. The van der Waals surface area contributed by atoms with Crippen LogP contribution in [-0.4, -0.2) is 31.9 Å². The monoisotopic (exact) mass is 454 g/mol. The van der Waals surface area contributed by atoms with Crippen molar-refractivity contribution in [1.82, 2.24) is 15.0 Å². The van der Waals surface area contributed by atoms with Crippen LogP contribution in [0, 0.1) is 0 Å². The first-order chi connectivity index (χ1) is 12.8. The number of carbonyl (C=O) groups is 2. The molecule has 144 valence electrons. The van der Waals surface area contributed by atoms with E-state index < -0.39 is 16.1 Å². The van der Waals surface area contributed by atoms with E-state index in [2.05, 4.69) is 31.5 Å². The minimum atomic E-state index is -3.99. The molecule has 1 heterocycles. The van der Waals surface area contributed by atoms with E-state index in [1.165, 1.54) is 30.5 Å². The molecule has 0 bridgehead atoms. The lowest BCUT2D eigenvalue weighted by Crippen LogP contribution is -2.39. The summed E-state index contributed by atoms with van der Waals surface area (Å²) in [5, 5.41) is 5.12. The highest BCUT2D eigenvalue weighted by atomic mass is 79.9. The van der Waals surface area contributed by atoms with E-state index in [1.54, 1.807) is 12.3 Å². The van der Waals surface area contributed by atoms with Crippen molar-refractivity contribution in [2.75, 3.05) is 11.9 Å². The second-order valence-electron chi connectivity index (χ2n) is 5.59. The second-order valence-corrected chi connectivity index (χ2v) is 8.18. The van der Waals surface area contributed by atoms with Crippen LogP contribution in [-0.2, 0) is 10.0 Å². The maximum absolute atomic E-state index is 12.2. The van der Waals surface area contributed by atoms with Gasteiger partial charge in [-0.1, -0.05) is 13.3 Å². The molecule has 2 aromatic rings. The van der Waals surface area contributed by atoms with Gasteiger partial charge in [-0.3, -0.25) is 9.78 Å². The quantitative estimate of drug-likeness (QED) is 0.555. The first-order valence-corrected chi connectivity index (χ1v) is 10.4. The largest absolute Gasteiger partial charge is 0.337 e. The van der Waals surface area contributed by atoms with Crippen LogP contribution in [0.25, 0.3) is 0 Å². The molecule has 2 rings (SSSR count). The highest BCUT2D eigenvalue weighted by Crippen LogP contribution is 2.16. The Labute approximate surface area is 165 Å². The average Bonchev–Trinajstić information content (AvgIpc) is 2.62. The number of benzene rings is 1. The molecule has 0 unspecified atom stereocenters. The van der Waals surface area contributed by atoms with Gasteiger partial charge in [0.15, 0.2) is 0 Å². The number of aromatic nitrogens is 1. The zero-order chi connectivity index (χ0) is 19.9. The number of pyridine rings is 1. The summed E-state index contributed by atoms with van der Waals surface area (Å²) in [6.07, 6.45) is 4.62. The summed E-state index contributed by atoms with van der Waals surface area (Å²) < 4.78 is 27.0. The molecule has 0 aliphatic rings. The Morgan fingerprint density at radius 1 is 1.15 bits per heavy atom. The summed E-state index contributed by atoms with van der Waals surface area (Å²) in [5.41, 5.74) is 0.762. The van der Waals surface area contributed by atoms with E-state index in [-0.39, 0.29) is 10.8 Å². The second kappa shape index (κ2) is 9.47. The number of anilines is 1. The fourth-order valence-corrected chi connectivity index (χ4v) is 3.35. The van der Waals surface area contributed by atoms with Crippen molar-refractivity contribution >= 4 is 43.6 Å². The lowest BCUT2D eigenvalue weighted by atomic mass is 10.2. The number of urea groups is 1. The Hall–Kier alpha value is -2.46. The predicted molar refractivity (Wildman–Crippen MR) is 105 cm³/mol. The number of amides is 3. The molecular weight excluding hydrogens is 436 g/mol. The Morgan fingerprint density at radius 3 is 2.48 bits per heavy atom. The van der Waals surface area contributed by atoms with Crippen molar-refractivity contribution < 1.29 is 18.0 Å². The molecule has 0 radical (unpaired) electrons. The third-order valence-electron chi connectivity index (χ3n) is 3.43. The Morgan fingerprint density at radius 2 is 1.85 bits per heavy atom.